The SMILES string of the molecule is CC(C)(C)OC(=O)[C@@H]1N=C(c2ccccc2)C[C@H]1c1ccc(Cl)cc1. The van der Waals surface area contributed by atoms with E-state index in [2.05, 4.69) is 0 Å². The summed E-state index contributed by atoms with van der Waals surface area (Å²) >= 11 is 6.01. The van der Waals surface area contributed by atoms with Crippen LogP contribution in [-0.2, 0) is 9.53 Å². The molecule has 1 aliphatic rings. The molecule has 0 saturated carbocycles. The van der Waals surface area contributed by atoms with Crippen LogP contribution in [0.4, 0.5) is 0 Å². The number of carbonyl (C=O) groups excluding carboxylic acids is 1. The van der Waals surface area contributed by atoms with Gasteiger partial charge in [0.2, 0.25) is 0 Å². The van der Waals surface area contributed by atoms with Gasteiger partial charge < -0.3 is 4.74 Å². The molecule has 130 valence electrons. The summed E-state index contributed by atoms with van der Waals surface area (Å²) in [5, 5.41) is 0.680. The van der Waals surface area contributed by atoms with Gasteiger partial charge in [0, 0.05) is 16.7 Å². The van der Waals surface area contributed by atoms with E-state index in [0.29, 0.717) is 11.4 Å². The molecule has 0 radical (unpaired) electrons. The van der Waals surface area contributed by atoms with Crippen molar-refractivity contribution in [2.45, 2.75) is 44.8 Å². The lowest BCUT2D eigenvalue weighted by atomic mass is 9.89. The Morgan fingerprint density at radius 1 is 1.08 bits per heavy atom. The third-order valence-electron chi connectivity index (χ3n) is 4.14. The molecule has 0 N–H and O–H groups in total. The lowest BCUT2D eigenvalue weighted by Gasteiger charge is -2.24. The Hall–Kier alpha value is -2.13. The molecule has 4 heteroatoms. The van der Waals surface area contributed by atoms with Crippen molar-refractivity contribution in [1.82, 2.24) is 0 Å². The van der Waals surface area contributed by atoms with Gasteiger partial charge in [-0.25, -0.2) is 4.79 Å². The van der Waals surface area contributed by atoms with Crippen LogP contribution in [0.3, 0.4) is 0 Å². The van der Waals surface area contributed by atoms with Gasteiger partial charge in [0.15, 0.2) is 6.04 Å². The average Bonchev–Trinajstić information content (AvgIpc) is 3.00. The number of esters is 1. The highest BCUT2D eigenvalue weighted by Crippen LogP contribution is 2.35. The van der Waals surface area contributed by atoms with Crippen molar-refractivity contribution in [2.24, 2.45) is 4.99 Å². The molecule has 0 amide bonds. The first-order chi connectivity index (χ1) is 11.8. The lowest BCUT2D eigenvalue weighted by molar-refractivity contribution is -0.156. The highest BCUT2D eigenvalue weighted by molar-refractivity contribution is 6.30. The van der Waals surface area contributed by atoms with E-state index in [1.54, 1.807) is 0 Å². The Morgan fingerprint density at radius 2 is 1.72 bits per heavy atom. The highest BCUT2D eigenvalue weighted by Gasteiger charge is 2.38. The lowest BCUT2D eigenvalue weighted by Crippen LogP contribution is -2.32. The minimum Gasteiger partial charge on any atom is -0.458 e. The molecule has 2 aromatic rings. The molecule has 0 aromatic heterocycles. The van der Waals surface area contributed by atoms with Gasteiger partial charge in [0.1, 0.15) is 5.60 Å². The number of aliphatic imine (C=N–C) groups is 1. The summed E-state index contributed by atoms with van der Waals surface area (Å²) in [5.74, 6) is -0.319. The van der Waals surface area contributed by atoms with Gasteiger partial charge in [-0.05, 0) is 50.5 Å². The van der Waals surface area contributed by atoms with Crippen LogP contribution in [0.1, 0.15) is 44.2 Å². The molecular formula is C21H22ClNO2. The van der Waals surface area contributed by atoms with Crippen LogP contribution >= 0.6 is 11.6 Å². The van der Waals surface area contributed by atoms with Crippen molar-refractivity contribution >= 4 is 23.3 Å². The predicted octanol–water partition coefficient (Wildman–Crippen LogP) is 5.03. The van der Waals surface area contributed by atoms with Crippen LogP contribution in [0.2, 0.25) is 5.02 Å². The van der Waals surface area contributed by atoms with Crippen molar-refractivity contribution in [1.29, 1.82) is 0 Å². The van der Waals surface area contributed by atoms with E-state index in [0.717, 1.165) is 16.8 Å². The number of carbonyl (C=O) groups is 1. The molecule has 3 rings (SSSR count). The summed E-state index contributed by atoms with van der Waals surface area (Å²) < 4.78 is 5.61. The second-order valence-corrected chi connectivity index (χ2v) is 7.72. The Bertz CT molecular complexity index is 776. The molecule has 0 saturated heterocycles. The van der Waals surface area contributed by atoms with Crippen molar-refractivity contribution in [3.8, 4) is 0 Å². The molecule has 1 heterocycles. The third kappa shape index (κ3) is 4.29. The number of hydrogen-bond acceptors (Lipinski definition) is 3. The number of rotatable bonds is 3. The van der Waals surface area contributed by atoms with E-state index in [1.807, 2.05) is 75.4 Å². The fraction of sp³-hybridized carbons (Fsp3) is 0.333. The summed E-state index contributed by atoms with van der Waals surface area (Å²) in [5.41, 5.74) is 2.51. The van der Waals surface area contributed by atoms with Gasteiger partial charge >= 0.3 is 5.97 Å². The fourth-order valence-corrected chi connectivity index (χ4v) is 3.17. The molecule has 0 unspecified atom stereocenters. The molecule has 25 heavy (non-hydrogen) atoms. The zero-order chi connectivity index (χ0) is 18.0. The molecule has 0 fully saturated rings. The number of benzene rings is 2. The molecule has 0 spiro atoms. The molecule has 2 aromatic carbocycles. The summed E-state index contributed by atoms with van der Waals surface area (Å²) in [6, 6.07) is 17.1. The van der Waals surface area contributed by atoms with Crippen LogP contribution < -0.4 is 0 Å². The monoisotopic (exact) mass is 355 g/mol. The van der Waals surface area contributed by atoms with Gasteiger partial charge in [0.05, 0.1) is 0 Å². The smallest absolute Gasteiger partial charge is 0.332 e. The minimum absolute atomic E-state index is 0.0395. The first kappa shape index (κ1) is 17.7. The summed E-state index contributed by atoms with van der Waals surface area (Å²) in [6.45, 7) is 5.62. The van der Waals surface area contributed by atoms with Gasteiger partial charge in [-0.1, -0.05) is 54.1 Å². The third-order valence-corrected chi connectivity index (χ3v) is 4.39. The standard InChI is InChI=1S/C21H22ClNO2/c1-21(2,3)25-20(24)19-17(14-9-11-16(22)12-10-14)13-18(23-19)15-7-5-4-6-8-15/h4-12,17,19H,13H2,1-3H3/t17-,19+/m0/s1. The quantitative estimate of drug-likeness (QED) is 0.724. The zero-order valence-electron chi connectivity index (χ0n) is 14.7. The maximum atomic E-state index is 12.7. The van der Waals surface area contributed by atoms with Gasteiger partial charge in [-0.2, -0.15) is 0 Å². The van der Waals surface area contributed by atoms with Crippen molar-refractivity contribution in [3.05, 3.63) is 70.7 Å². The minimum atomic E-state index is -0.535. The van der Waals surface area contributed by atoms with E-state index in [4.69, 9.17) is 21.3 Å². The maximum Gasteiger partial charge on any atom is 0.332 e. The topological polar surface area (TPSA) is 38.7 Å². The van der Waals surface area contributed by atoms with Gasteiger partial charge in [0.25, 0.3) is 0 Å². The van der Waals surface area contributed by atoms with E-state index in [-0.39, 0.29) is 11.9 Å². The summed E-state index contributed by atoms with van der Waals surface area (Å²) in [7, 11) is 0. The van der Waals surface area contributed by atoms with E-state index in [9.17, 15) is 4.79 Å². The fourth-order valence-electron chi connectivity index (χ4n) is 3.04. The molecule has 1 aliphatic heterocycles. The second kappa shape index (κ2) is 7.01. The Kier molecular flexibility index (Phi) is 4.96. The molecule has 0 aliphatic carbocycles. The van der Waals surface area contributed by atoms with Crippen LogP contribution in [0.25, 0.3) is 0 Å². The van der Waals surface area contributed by atoms with E-state index >= 15 is 0 Å². The van der Waals surface area contributed by atoms with Crippen molar-refractivity contribution < 1.29 is 9.53 Å². The first-order valence-electron chi connectivity index (χ1n) is 8.44. The molecular weight excluding hydrogens is 334 g/mol. The van der Waals surface area contributed by atoms with Gasteiger partial charge in [-0.15, -0.1) is 0 Å². The molecule has 2 atom stereocenters. The summed E-state index contributed by atoms with van der Waals surface area (Å²) in [4.78, 5) is 17.5. The van der Waals surface area contributed by atoms with Crippen molar-refractivity contribution in [3.63, 3.8) is 0 Å². The normalized spacial score (nSPS) is 20.2. The molecule has 0 bridgehead atoms. The van der Waals surface area contributed by atoms with Crippen LogP contribution in [0.5, 0.6) is 0 Å². The highest BCUT2D eigenvalue weighted by atomic mass is 35.5. The average molecular weight is 356 g/mol. The Morgan fingerprint density at radius 3 is 2.32 bits per heavy atom. The number of hydrogen-bond donors (Lipinski definition) is 0. The summed E-state index contributed by atoms with van der Waals surface area (Å²) in [6.07, 6.45) is 0.704. The van der Waals surface area contributed by atoms with Gasteiger partial charge in [-0.3, -0.25) is 4.99 Å². The number of halogens is 1. The zero-order valence-corrected chi connectivity index (χ0v) is 15.5. The maximum absolute atomic E-state index is 12.7. The van der Waals surface area contributed by atoms with Crippen LogP contribution in [-0.4, -0.2) is 23.3 Å². The first-order valence-corrected chi connectivity index (χ1v) is 8.82. The number of ether oxygens (including phenoxy) is 1. The molecule has 3 nitrogen and oxygen atoms in total. The van der Waals surface area contributed by atoms with E-state index < -0.39 is 11.6 Å². The van der Waals surface area contributed by atoms with Crippen LogP contribution in [0.15, 0.2) is 59.6 Å². The second-order valence-electron chi connectivity index (χ2n) is 7.28. The predicted molar refractivity (Wildman–Crippen MR) is 101 cm³/mol. The van der Waals surface area contributed by atoms with Crippen molar-refractivity contribution in [2.75, 3.05) is 0 Å². The van der Waals surface area contributed by atoms with E-state index in [1.165, 1.54) is 0 Å². The Labute approximate surface area is 153 Å². The largest absolute Gasteiger partial charge is 0.458 e. The Balaban J connectivity index is 1.93. The van der Waals surface area contributed by atoms with Crippen LogP contribution in [0, 0.1) is 0 Å². The number of nitrogens with zero attached hydrogens (tertiary/aromatic N) is 1.